The van der Waals surface area contributed by atoms with E-state index in [0.717, 1.165) is 35.1 Å². The number of hydrogen-bond acceptors (Lipinski definition) is 6. The van der Waals surface area contributed by atoms with E-state index in [9.17, 15) is 19.2 Å². The van der Waals surface area contributed by atoms with Crippen molar-refractivity contribution in [2.75, 3.05) is 0 Å². The van der Waals surface area contributed by atoms with Crippen LogP contribution in [0.5, 0.6) is 0 Å². The number of carbonyl (C=O) groups excluding carboxylic acids is 4. The van der Waals surface area contributed by atoms with Gasteiger partial charge in [-0.1, -0.05) is 12.1 Å². The molecule has 26 heavy (non-hydrogen) atoms. The van der Waals surface area contributed by atoms with Crippen LogP contribution >= 0.6 is 0 Å². The van der Waals surface area contributed by atoms with E-state index in [1.165, 1.54) is 0 Å². The van der Waals surface area contributed by atoms with Crippen LogP contribution in [0.15, 0.2) is 12.1 Å². The summed E-state index contributed by atoms with van der Waals surface area (Å²) in [6.45, 7) is 0. The fourth-order valence-electron chi connectivity index (χ4n) is 7.08. The molecule has 0 radical (unpaired) electrons. The molecule has 2 aliphatic heterocycles. The highest BCUT2D eigenvalue weighted by Crippen LogP contribution is 2.67. The number of carbonyl (C=O) groups is 4. The molecule has 4 aliphatic carbocycles. The van der Waals surface area contributed by atoms with Gasteiger partial charge in [0.2, 0.25) is 0 Å². The quantitative estimate of drug-likeness (QED) is 0.520. The predicted molar refractivity (Wildman–Crippen MR) is 82.8 cm³/mol. The Kier molecular flexibility index (Phi) is 2.06. The number of rotatable bonds is 0. The first-order valence-corrected chi connectivity index (χ1v) is 9.23. The monoisotopic (exact) mass is 350 g/mol. The first-order valence-electron chi connectivity index (χ1n) is 9.23. The molecule has 8 unspecified atom stereocenters. The maximum Gasteiger partial charge on any atom is 0.318 e. The van der Waals surface area contributed by atoms with Crippen LogP contribution in [0, 0.1) is 23.7 Å². The van der Waals surface area contributed by atoms with E-state index >= 15 is 0 Å². The van der Waals surface area contributed by atoms with E-state index in [1.54, 1.807) is 0 Å². The standard InChI is InChI=1S/C20H14O6/c21-17-13-9-3-11(15(13)19(23)25-17)7-2-8-6(1-5(7)9)10-4-12(8)16-14(10)18(22)26-20(16)24/h1-2,9-16H,3-4H2. The van der Waals surface area contributed by atoms with E-state index in [4.69, 9.17) is 9.47 Å². The normalized spacial score (nSPS) is 45.5. The highest BCUT2D eigenvalue weighted by Gasteiger charge is 2.65. The van der Waals surface area contributed by atoms with Crippen molar-refractivity contribution < 1.29 is 28.7 Å². The number of hydrogen-bond donors (Lipinski definition) is 0. The van der Waals surface area contributed by atoms with E-state index < -0.39 is 0 Å². The molecular formula is C20H14O6. The van der Waals surface area contributed by atoms with Crippen molar-refractivity contribution in [1.29, 1.82) is 0 Å². The van der Waals surface area contributed by atoms with Crippen molar-refractivity contribution in [1.82, 2.24) is 0 Å². The Labute approximate surface area is 147 Å². The Balaban J connectivity index is 1.40. The molecule has 2 saturated carbocycles. The summed E-state index contributed by atoms with van der Waals surface area (Å²) in [6, 6.07) is 4.30. The maximum absolute atomic E-state index is 12.1. The minimum atomic E-state index is -0.384. The van der Waals surface area contributed by atoms with Gasteiger partial charge >= 0.3 is 23.9 Å². The molecule has 0 amide bonds. The molecule has 1 aromatic rings. The van der Waals surface area contributed by atoms with Crippen molar-refractivity contribution in [2.24, 2.45) is 23.7 Å². The van der Waals surface area contributed by atoms with Gasteiger partial charge in [-0.25, -0.2) is 0 Å². The van der Waals surface area contributed by atoms with Crippen molar-refractivity contribution in [3.05, 3.63) is 34.4 Å². The topological polar surface area (TPSA) is 86.7 Å². The molecule has 0 aromatic heterocycles. The third-order valence-corrected chi connectivity index (χ3v) is 7.90. The molecule has 8 atom stereocenters. The Hall–Kier alpha value is -2.50. The van der Waals surface area contributed by atoms with Crippen molar-refractivity contribution >= 4 is 23.9 Å². The molecule has 7 rings (SSSR count). The van der Waals surface area contributed by atoms with Gasteiger partial charge in [0, 0.05) is 0 Å². The highest BCUT2D eigenvalue weighted by atomic mass is 16.6. The van der Waals surface area contributed by atoms with E-state index in [0.29, 0.717) is 0 Å². The summed E-state index contributed by atoms with van der Waals surface area (Å²) in [6.07, 6.45) is 1.63. The summed E-state index contributed by atoms with van der Waals surface area (Å²) in [4.78, 5) is 48.5. The van der Waals surface area contributed by atoms with Crippen LogP contribution in [0.3, 0.4) is 0 Å². The van der Waals surface area contributed by atoms with Gasteiger partial charge in [-0.2, -0.15) is 0 Å². The molecule has 2 heterocycles. The van der Waals surface area contributed by atoms with E-state index in [2.05, 4.69) is 12.1 Å². The van der Waals surface area contributed by atoms with Gasteiger partial charge < -0.3 is 9.47 Å². The van der Waals surface area contributed by atoms with Crippen molar-refractivity contribution in [3.63, 3.8) is 0 Å². The largest absolute Gasteiger partial charge is 0.393 e. The summed E-state index contributed by atoms with van der Waals surface area (Å²) in [5.41, 5.74) is 4.57. The zero-order valence-corrected chi connectivity index (χ0v) is 13.6. The molecule has 1 aromatic carbocycles. The molecule has 0 spiro atoms. The van der Waals surface area contributed by atoms with Gasteiger partial charge in [0.15, 0.2) is 0 Å². The van der Waals surface area contributed by atoms with Gasteiger partial charge in [-0.05, 0) is 58.8 Å². The lowest BCUT2D eigenvalue weighted by Crippen LogP contribution is -2.27. The Morgan fingerprint density at radius 2 is 0.808 bits per heavy atom. The number of ether oxygens (including phenoxy) is 2. The first kappa shape index (κ1) is 13.7. The van der Waals surface area contributed by atoms with Crippen LogP contribution in [-0.4, -0.2) is 23.9 Å². The maximum atomic E-state index is 12.1. The van der Waals surface area contributed by atoms with Gasteiger partial charge in [-0.3, -0.25) is 19.2 Å². The number of fused-ring (bicyclic) bond motifs is 16. The molecule has 6 aliphatic rings. The highest BCUT2D eigenvalue weighted by molar-refractivity contribution is 6.00. The van der Waals surface area contributed by atoms with Crippen LogP contribution in [0.2, 0.25) is 0 Å². The minimum Gasteiger partial charge on any atom is -0.393 e. The molecular weight excluding hydrogens is 336 g/mol. The Morgan fingerprint density at radius 1 is 0.538 bits per heavy atom. The van der Waals surface area contributed by atoms with Gasteiger partial charge in [-0.15, -0.1) is 0 Å². The van der Waals surface area contributed by atoms with Crippen LogP contribution < -0.4 is 0 Å². The third kappa shape index (κ3) is 1.24. The number of cyclic esters (lactones) is 4. The van der Waals surface area contributed by atoms with E-state index in [-0.39, 0.29) is 71.2 Å². The average molecular weight is 350 g/mol. The summed E-state index contributed by atoms with van der Waals surface area (Å²) in [7, 11) is 0. The Bertz CT molecular complexity index is 842. The predicted octanol–water partition coefficient (Wildman–Crippen LogP) is 1.49. The summed E-state index contributed by atoms with van der Waals surface area (Å²) in [5, 5.41) is 0. The number of benzene rings is 1. The first-order chi connectivity index (χ1) is 12.5. The van der Waals surface area contributed by atoms with Crippen LogP contribution in [-0.2, 0) is 28.7 Å². The zero-order valence-electron chi connectivity index (χ0n) is 13.6. The molecule has 2 saturated heterocycles. The fourth-order valence-corrected chi connectivity index (χ4v) is 7.08. The second-order valence-electron chi connectivity index (χ2n) is 8.59. The second kappa shape index (κ2) is 3.92. The van der Waals surface area contributed by atoms with Crippen molar-refractivity contribution in [2.45, 2.75) is 36.5 Å². The molecule has 4 fully saturated rings. The Morgan fingerprint density at radius 3 is 1.08 bits per heavy atom. The fraction of sp³-hybridized carbons (Fsp3) is 0.500. The second-order valence-corrected chi connectivity index (χ2v) is 8.59. The lowest BCUT2D eigenvalue weighted by atomic mass is 9.72. The van der Waals surface area contributed by atoms with Gasteiger partial charge in [0.1, 0.15) is 0 Å². The summed E-state index contributed by atoms with van der Waals surface area (Å²) < 4.78 is 9.80. The lowest BCUT2D eigenvalue weighted by molar-refractivity contribution is -0.156. The third-order valence-electron chi connectivity index (χ3n) is 7.90. The SMILES string of the molecule is O=C1OC(=O)C2C3CC(c4cc5c(cc43)C3CC5C4C(=O)OC(=O)C34)C12. The zero-order chi connectivity index (χ0) is 17.5. The summed E-state index contributed by atoms with van der Waals surface area (Å²) >= 11 is 0. The van der Waals surface area contributed by atoms with Gasteiger partial charge in [0.25, 0.3) is 0 Å². The molecule has 6 nitrogen and oxygen atoms in total. The molecule has 4 bridgehead atoms. The van der Waals surface area contributed by atoms with E-state index in [1.807, 2.05) is 0 Å². The average Bonchev–Trinajstić information content (AvgIpc) is 3.38. The van der Waals surface area contributed by atoms with Crippen molar-refractivity contribution in [3.8, 4) is 0 Å². The summed E-state index contributed by atoms with van der Waals surface area (Å²) in [5.74, 6) is -2.76. The molecule has 130 valence electrons. The van der Waals surface area contributed by atoms with Crippen LogP contribution in [0.4, 0.5) is 0 Å². The molecule has 0 N–H and O–H groups in total. The lowest BCUT2D eigenvalue weighted by Gasteiger charge is -2.28. The van der Waals surface area contributed by atoms with Crippen LogP contribution in [0.25, 0.3) is 0 Å². The smallest absolute Gasteiger partial charge is 0.318 e. The molecule has 6 heteroatoms. The van der Waals surface area contributed by atoms with Crippen LogP contribution in [0.1, 0.15) is 58.8 Å². The number of esters is 4. The van der Waals surface area contributed by atoms with Gasteiger partial charge in [0.05, 0.1) is 23.7 Å². The minimum absolute atomic E-state index is 0.0383.